The molecular weight excluding hydrogens is 556 g/mol. The van der Waals surface area contributed by atoms with Gasteiger partial charge in [0.15, 0.2) is 22.1 Å². The molecule has 0 N–H and O–H groups in total. The Morgan fingerprint density at radius 3 is 2.67 bits per heavy atom. The van der Waals surface area contributed by atoms with Crippen LogP contribution in [0, 0.1) is 19.8 Å². The van der Waals surface area contributed by atoms with Gasteiger partial charge in [0.1, 0.15) is 17.1 Å². The van der Waals surface area contributed by atoms with Crippen molar-refractivity contribution in [3.8, 4) is 11.5 Å². The van der Waals surface area contributed by atoms with E-state index in [1.165, 1.54) is 18.1 Å². The zero-order valence-electron chi connectivity index (χ0n) is 24.2. The molecule has 1 aliphatic heterocycles. The van der Waals surface area contributed by atoms with Crippen LogP contribution in [0.25, 0.3) is 11.0 Å². The van der Waals surface area contributed by atoms with Crippen molar-refractivity contribution in [2.24, 2.45) is 5.92 Å². The zero-order chi connectivity index (χ0) is 30.1. The number of esters is 1. The Morgan fingerprint density at radius 2 is 1.95 bits per heavy atom. The van der Waals surface area contributed by atoms with Crippen LogP contribution in [0.4, 0.5) is 5.13 Å². The number of methoxy groups -OCH3 is 1. The molecule has 9 nitrogen and oxygen atoms in total. The molecule has 1 aliphatic rings. The van der Waals surface area contributed by atoms with Gasteiger partial charge in [-0.3, -0.25) is 14.5 Å². The summed E-state index contributed by atoms with van der Waals surface area (Å²) in [7, 11) is 1.54. The lowest BCUT2D eigenvalue weighted by Crippen LogP contribution is -2.29. The maximum atomic E-state index is 14.0. The van der Waals surface area contributed by atoms with Gasteiger partial charge in [0.25, 0.3) is 5.91 Å². The van der Waals surface area contributed by atoms with E-state index in [4.69, 9.17) is 18.6 Å². The normalized spacial score (nSPS) is 14.4. The first-order valence-electron chi connectivity index (χ1n) is 13.6. The lowest BCUT2D eigenvalue weighted by Gasteiger charge is -2.23. The first-order chi connectivity index (χ1) is 20.1. The Labute approximate surface area is 247 Å². The zero-order valence-corrected chi connectivity index (χ0v) is 25.0. The average Bonchev–Trinajstić information content (AvgIpc) is 3.49. The van der Waals surface area contributed by atoms with Crippen molar-refractivity contribution in [2.45, 2.75) is 40.2 Å². The fourth-order valence-electron chi connectivity index (χ4n) is 4.85. The van der Waals surface area contributed by atoms with Crippen LogP contribution in [0.3, 0.4) is 0 Å². The van der Waals surface area contributed by atoms with Gasteiger partial charge in [0.2, 0.25) is 5.76 Å². The quantitative estimate of drug-likeness (QED) is 0.155. The highest BCUT2D eigenvalue weighted by Gasteiger charge is 2.45. The van der Waals surface area contributed by atoms with E-state index in [9.17, 15) is 14.4 Å². The second-order valence-corrected chi connectivity index (χ2v) is 11.5. The van der Waals surface area contributed by atoms with Crippen LogP contribution in [0.5, 0.6) is 11.5 Å². The van der Waals surface area contributed by atoms with Crippen LogP contribution in [0.2, 0.25) is 0 Å². The molecule has 4 aromatic rings. The number of fused-ring (bicyclic) bond motifs is 2. The number of aromatic nitrogens is 1. The fraction of sp³-hybridized carbons (Fsp3) is 0.312. The number of aryl methyl sites for hydroxylation is 2. The van der Waals surface area contributed by atoms with Crippen molar-refractivity contribution in [3.63, 3.8) is 0 Å². The monoisotopic (exact) mass is 588 g/mol. The first kappa shape index (κ1) is 29.1. The van der Waals surface area contributed by atoms with E-state index in [0.29, 0.717) is 46.3 Å². The summed E-state index contributed by atoms with van der Waals surface area (Å²) in [5.74, 6) is 0.311. The van der Waals surface area contributed by atoms with Gasteiger partial charge >= 0.3 is 5.97 Å². The number of amides is 1. The molecule has 5 rings (SSSR count). The Bertz CT molecular complexity index is 1750. The van der Waals surface area contributed by atoms with Gasteiger partial charge in [-0.05, 0) is 56.0 Å². The third-order valence-corrected chi connectivity index (χ3v) is 8.13. The fourth-order valence-corrected chi connectivity index (χ4v) is 5.84. The number of carbonyl (C=O) groups is 2. The van der Waals surface area contributed by atoms with Gasteiger partial charge in [-0.2, -0.15) is 0 Å². The summed E-state index contributed by atoms with van der Waals surface area (Å²) in [4.78, 5) is 46.9. The van der Waals surface area contributed by atoms with Gasteiger partial charge in [-0.15, -0.1) is 0 Å². The van der Waals surface area contributed by atoms with Crippen LogP contribution in [-0.4, -0.2) is 37.2 Å². The van der Waals surface area contributed by atoms with Crippen LogP contribution in [0.15, 0.2) is 58.3 Å². The second kappa shape index (κ2) is 11.8. The Kier molecular flexibility index (Phi) is 8.17. The van der Waals surface area contributed by atoms with E-state index in [1.54, 1.807) is 37.3 Å². The average molecular weight is 589 g/mol. The summed E-state index contributed by atoms with van der Waals surface area (Å²) in [6.07, 6.45) is 2.34. The molecule has 3 heterocycles. The summed E-state index contributed by atoms with van der Waals surface area (Å²) in [6.45, 7) is 11.9. The van der Waals surface area contributed by atoms with Gasteiger partial charge in [-0.1, -0.05) is 55.5 Å². The van der Waals surface area contributed by atoms with Gasteiger partial charge in [0, 0.05) is 0 Å². The van der Waals surface area contributed by atoms with Gasteiger partial charge in [-0.25, -0.2) is 9.78 Å². The molecule has 0 spiro atoms. The first-order valence-corrected chi connectivity index (χ1v) is 14.4. The molecule has 10 heteroatoms. The molecule has 0 aliphatic carbocycles. The second-order valence-electron chi connectivity index (χ2n) is 10.5. The maximum absolute atomic E-state index is 14.0. The highest BCUT2D eigenvalue weighted by molar-refractivity contribution is 7.17. The van der Waals surface area contributed by atoms with E-state index in [2.05, 4.69) is 25.4 Å². The number of hydrogen-bond acceptors (Lipinski definition) is 9. The molecule has 0 saturated heterocycles. The highest BCUT2D eigenvalue weighted by atomic mass is 32.1. The number of nitrogens with zero attached hydrogens (tertiary/aromatic N) is 2. The molecular formula is C32H32N2O7S. The molecule has 1 unspecified atom stereocenters. The summed E-state index contributed by atoms with van der Waals surface area (Å²) in [6, 6.07) is 9.68. The van der Waals surface area contributed by atoms with E-state index in [0.717, 1.165) is 23.3 Å². The molecule has 218 valence electrons. The minimum absolute atomic E-state index is 0.0397. The van der Waals surface area contributed by atoms with Gasteiger partial charge in [0.05, 0.1) is 36.4 Å². The molecule has 0 radical (unpaired) electrons. The predicted molar refractivity (Wildman–Crippen MR) is 161 cm³/mol. The molecule has 2 aromatic heterocycles. The van der Waals surface area contributed by atoms with Crippen LogP contribution >= 0.6 is 11.3 Å². The van der Waals surface area contributed by atoms with Crippen LogP contribution in [0.1, 0.15) is 68.9 Å². The summed E-state index contributed by atoms with van der Waals surface area (Å²) in [5, 5.41) is 0.605. The lowest BCUT2D eigenvalue weighted by molar-refractivity contribution is 0.0554. The SMILES string of the molecule is C=CCOC(=O)c1sc(N2C(=O)c3oc4ccc(C)cc4c(=O)c3C2c2ccc(OCCC(C)C)c(OC)c2)nc1C. The Hall–Kier alpha value is -4.44. The standard InChI is InChI=1S/C32H32N2O7S/c1-7-13-40-31(37)29-19(5)33-32(42-29)34-26(20-9-11-23(24(16-20)38-6)39-14-12-17(2)3)25-27(35)21-15-18(4)8-10-22(21)41-28(25)30(34)36/h7-11,15-17,26H,1,12-14H2,2-6H3. The van der Waals surface area contributed by atoms with E-state index in [1.807, 2.05) is 13.0 Å². The molecule has 42 heavy (non-hydrogen) atoms. The molecule has 1 amide bonds. The van der Waals surface area contributed by atoms with Crippen LogP contribution in [-0.2, 0) is 4.74 Å². The number of ether oxygens (including phenoxy) is 3. The molecule has 0 saturated carbocycles. The molecule has 1 atom stereocenters. The topological polar surface area (TPSA) is 108 Å². The summed E-state index contributed by atoms with van der Waals surface area (Å²) in [5.41, 5.74) is 2.07. The van der Waals surface area contributed by atoms with Crippen molar-refractivity contribution in [3.05, 3.63) is 92.3 Å². The smallest absolute Gasteiger partial charge is 0.350 e. The number of thiazole rings is 1. The lowest BCUT2D eigenvalue weighted by atomic mass is 9.98. The third kappa shape index (κ3) is 5.30. The van der Waals surface area contributed by atoms with Crippen molar-refractivity contribution < 1.29 is 28.2 Å². The Morgan fingerprint density at radius 1 is 1.17 bits per heavy atom. The summed E-state index contributed by atoms with van der Waals surface area (Å²) < 4.78 is 22.9. The van der Waals surface area contributed by atoms with Gasteiger partial charge < -0.3 is 18.6 Å². The minimum Gasteiger partial charge on any atom is -0.493 e. The number of hydrogen-bond donors (Lipinski definition) is 0. The number of carbonyl (C=O) groups excluding carboxylic acids is 2. The number of anilines is 1. The number of benzene rings is 2. The van der Waals surface area contributed by atoms with E-state index >= 15 is 0 Å². The third-order valence-electron chi connectivity index (χ3n) is 6.99. The minimum atomic E-state index is -0.894. The molecule has 0 bridgehead atoms. The number of rotatable bonds is 10. The van der Waals surface area contributed by atoms with Crippen molar-refractivity contribution in [1.82, 2.24) is 4.98 Å². The van der Waals surface area contributed by atoms with Crippen molar-refractivity contribution >= 4 is 39.3 Å². The molecule has 2 aromatic carbocycles. The summed E-state index contributed by atoms with van der Waals surface area (Å²) >= 11 is 1.01. The van der Waals surface area contributed by atoms with Crippen molar-refractivity contribution in [1.29, 1.82) is 0 Å². The molecule has 0 fully saturated rings. The van der Waals surface area contributed by atoms with Crippen molar-refractivity contribution in [2.75, 3.05) is 25.2 Å². The van der Waals surface area contributed by atoms with Crippen LogP contribution < -0.4 is 19.8 Å². The Balaban J connectivity index is 1.67. The van der Waals surface area contributed by atoms with E-state index < -0.39 is 17.9 Å². The predicted octanol–water partition coefficient (Wildman–Crippen LogP) is 6.39. The highest BCUT2D eigenvalue weighted by Crippen LogP contribution is 2.45. The largest absolute Gasteiger partial charge is 0.493 e. The maximum Gasteiger partial charge on any atom is 0.350 e. The van der Waals surface area contributed by atoms with E-state index in [-0.39, 0.29) is 33.4 Å².